The van der Waals surface area contributed by atoms with Crippen LogP contribution >= 0.6 is 0 Å². The topological polar surface area (TPSA) is 15.3 Å². The highest BCUT2D eigenvalue weighted by Crippen LogP contribution is 2.30. The molecular formula is C16H32N2. The molecule has 0 bridgehead atoms. The molecule has 2 rings (SSSR count). The number of hydrogen-bond donors (Lipinski definition) is 1. The minimum absolute atomic E-state index is 0.763. The third-order valence-corrected chi connectivity index (χ3v) is 5.14. The molecule has 18 heavy (non-hydrogen) atoms. The lowest BCUT2D eigenvalue weighted by atomic mass is 9.79. The van der Waals surface area contributed by atoms with E-state index in [4.69, 9.17) is 0 Å². The van der Waals surface area contributed by atoms with Gasteiger partial charge in [0.2, 0.25) is 0 Å². The zero-order valence-electron chi connectivity index (χ0n) is 12.6. The molecule has 1 N–H and O–H groups in total. The maximum Gasteiger partial charge on any atom is 0.0198 e. The molecule has 2 heteroatoms. The number of rotatable bonds is 4. The molecule has 0 amide bonds. The van der Waals surface area contributed by atoms with Gasteiger partial charge in [-0.3, -0.25) is 0 Å². The molecule has 2 nitrogen and oxygen atoms in total. The minimum atomic E-state index is 0.763. The summed E-state index contributed by atoms with van der Waals surface area (Å²) in [5.74, 6) is 1.87. The molecule has 106 valence electrons. The van der Waals surface area contributed by atoms with Crippen LogP contribution < -0.4 is 5.32 Å². The van der Waals surface area contributed by atoms with Gasteiger partial charge < -0.3 is 10.2 Å². The third-order valence-electron chi connectivity index (χ3n) is 5.14. The van der Waals surface area contributed by atoms with Gasteiger partial charge in [-0.25, -0.2) is 0 Å². The molecule has 2 fully saturated rings. The van der Waals surface area contributed by atoms with Crippen molar-refractivity contribution in [1.82, 2.24) is 10.2 Å². The fourth-order valence-corrected chi connectivity index (χ4v) is 3.76. The summed E-state index contributed by atoms with van der Waals surface area (Å²) >= 11 is 0. The van der Waals surface area contributed by atoms with Gasteiger partial charge in [-0.05, 0) is 63.5 Å². The molecule has 1 heterocycles. The Bertz CT molecular complexity index is 231. The number of piperidine rings is 1. The summed E-state index contributed by atoms with van der Waals surface area (Å²) in [6.07, 6.45) is 8.48. The number of hydrogen-bond acceptors (Lipinski definition) is 2. The SMILES string of the molecule is CCN1CCCC(NC2CCC(C(C)C)CC2)C1. The fourth-order valence-electron chi connectivity index (χ4n) is 3.76. The molecule has 1 aliphatic heterocycles. The molecule has 1 aliphatic carbocycles. The maximum atomic E-state index is 3.94. The van der Waals surface area contributed by atoms with E-state index in [9.17, 15) is 0 Å². The molecule has 1 saturated carbocycles. The third kappa shape index (κ3) is 3.96. The van der Waals surface area contributed by atoms with Crippen molar-refractivity contribution in [2.24, 2.45) is 11.8 Å². The summed E-state index contributed by atoms with van der Waals surface area (Å²) in [6.45, 7) is 10.9. The van der Waals surface area contributed by atoms with Gasteiger partial charge in [0, 0.05) is 18.6 Å². The zero-order valence-corrected chi connectivity index (χ0v) is 12.6. The highest BCUT2D eigenvalue weighted by atomic mass is 15.2. The zero-order chi connectivity index (χ0) is 13.0. The summed E-state index contributed by atoms with van der Waals surface area (Å²) in [5, 5.41) is 3.94. The van der Waals surface area contributed by atoms with Gasteiger partial charge in [0.05, 0.1) is 0 Å². The Morgan fingerprint density at radius 3 is 2.39 bits per heavy atom. The fraction of sp³-hybridized carbons (Fsp3) is 1.00. The molecule has 0 radical (unpaired) electrons. The smallest absolute Gasteiger partial charge is 0.0198 e. The summed E-state index contributed by atoms with van der Waals surface area (Å²) < 4.78 is 0. The van der Waals surface area contributed by atoms with Crippen LogP contribution in [0.5, 0.6) is 0 Å². The van der Waals surface area contributed by atoms with E-state index in [1.165, 1.54) is 58.2 Å². The molecular weight excluding hydrogens is 220 g/mol. The first-order valence-electron chi connectivity index (χ1n) is 8.17. The number of likely N-dealkylation sites (tertiary alicyclic amines) is 1. The van der Waals surface area contributed by atoms with E-state index in [0.29, 0.717) is 0 Å². The number of nitrogens with one attached hydrogen (secondary N) is 1. The molecule has 2 aliphatic rings. The second-order valence-corrected chi connectivity index (χ2v) is 6.75. The average Bonchev–Trinajstić information content (AvgIpc) is 2.39. The van der Waals surface area contributed by atoms with Gasteiger partial charge in [-0.2, -0.15) is 0 Å². The first-order chi connectivity index (χ1) is 8.69. The van der Waals surface area contributed by atoms with Crippen molar-refractivity contribution in [3.8, 4) is 0 Å². The first kappa shape index (κ1) is 14.3. The standard InChI is InChI=1S/C16H32N2/c1-4-18-11-5-6-16(12-18)17-15-9-7-14(8-10-15)13(2)3/h13-17H,4-12H2,1-3H3. The molecule has 0 aromatic heterocycles. The highest BCUT2D eigenvalue weighted by Gasteiger charge is 2.26. The second-order valence-electron chi connectivity index (χ2n) is 6.75. The Kier molecular flexibility index (Phi) is 5.50. The van der Waals surface area contributed by atoms with Gasteiger partial charge in [-0.1, -0.05) is 20.8 Å². The molecule has 1 saturated heterocycles. The molecule has 0 aromatic carbocycles. The van der Waals surface area contributed by atoms with Crippen molar-refractivity contribution >= 4 is 0 Å². The van der Waals surface area contributed by atoms with Crippen LogP contribution in [0, 0.1) is 11.8 Å². The maximum absolute atomic E-state index is 3.94. The average molecular weight is 252 g/mol. The van der Waals surface area contributed by atoms with E-state index in [2.05, 4.69) is 31.0 Å². The minimum Gasteiger partial charge on any atom is -0.310 e. The quantitative estimate of drug-likeness (QED) is 0.826. The van der Waals surface area contributed by atoms with Crippen LogP contribution in [0.1, 0.15) is 59.3 Å². The Hall–Kier alpha value is -0.0800. The monoisotopic (exact) mass is 252 g/mol. The highest BCUT2D eigenvalue weighted by molar-refractivity contribution is 4.84. The van der Waals surface area contributed by atoms with Gasteiger partial charge in [0.1, 0.15) is 0 Å². The summed E-state index contributed by atoms with van der Waals surface area (Å²) in [6, 6.07) is 1.57. The van der Waals surface area contributed by atoms with Crippen LogP contribution in [0.4, 0.5) is 0 Å². The largest absolute Gasteiger partial charge is 0.310 e. The lowest BCUT2D eigenvalue weighted by Crippen LogP contribution is -2.49. The van der Waals surface area contributed by atoms with E-state index in [1.54, 1.807) is 0 Å². The summed E-state index contributed by atoms with van der Waals surface area (Å²) in [7, 11) is 0. The van der Waals surface area contributed by atoms with Gasteiger partial charge >= 0.3 is 0 Å². The van der Waals surface area contributed by atoms with Gasteiger partial charge in [0.15, 0.2) is 0 Å². The van der Waals surface area contributed by atoms with Crippen molar-refractivity contribution in [3.63, 3.8) is 0 Å². The van der Waals surface area contributed by atoms with E-state index >= 15 is 0 Å². The van der Waals surface area contributed by atoms with Crippen LogP contribution in [0.25, 0.3) is 0 Å². The van der Waals surface area contributed by atoms with Crippen LogP contribution in [-0.4, -0.2) is 36.6 Å². The van der Waals surface area contributed by atoms with E-state index in [0.717, 1.165) is 23.9 Å². The molecule has 1 atom stereocenters. The number of nitrogens with zero attached hydrogens (tertiary/aromatic N) is 1. The van der Waals surface area contributed by atoms with E-state index < -0.39 is 0 Å². The lowest BCUT2D eigenvalue weighted by Gasteiger charge is -2.37. The van der Waals surface area contributed by atoms with Crippen LogP contribution in [0.3, 0.4) is 0 Å². The first-order valence-corrected chi connectivity index (χ1v) is 8.17. The van der Waals surface area contributed by atoms with Crippen LogP contribution in [-0.2, 0) is 0 Å². The Morgan fingerprint density at radius 2 is 1.78 bits per heavy atom. The van der Waals surface area contributed by atoms with Crippen LogP contribution in [0.2, 0.25) is 0 Å². The molecule has 1 unspecified atom stereocenters. The second kappa shape index (κ2) is 6.91. The van der Waals surface area contributed by atoms with Crippen molar-refractivity contribution in [1.29, 1.82) is 0 Å². The predicted molar refractivity (Wildman–Crippen MR) is 78.9 cm³/mol. The van der Waals surface area contributed by atoms with Crippen molar-refractivity contribution in [3.05, 3.63) is 0 Å². The molecule has 0 spiro atoms. The summed E-state index contributed by atoms with van der Waals surface area (Å²) in [5.41, 5.74) is 0. The Morgan fingerprint density at radius 1 is 1.06 bits per heavy atom. The van der Waals surface area contributed by atoms with Crippen molar-refractivity contribution in [2.45, 2.75) is 71.4 Å². The van der Waals surface area contributed by atoms with Crippen molar-refractivity contribution < 1.29 is 0 Å². The summed E-state index contributed by atoms with van der Waals surface area (Å²) in [4.78, 5) is 2.60. The van der Waals surface area contributed by atoms with E-state index in [1.807, 2.05) is 0 Å². The lowest BCUT2D eigenvalue weighted by molar-refractivity contribution is 0.168. The normalized spacial score (nSPS) is 35.0. The predicted octanol–water partition coefficient (Wildman–Crippen LogP) is 3.28. The van der Waals surface area contributed by atoms with Gasteiger partial charge in [-0.15, -0.1) is 0 Å². The van der Waals surface area contributed by atoms with Gasteiger partial charge in [0.25, 0.3) is 0 Å². The molecule has 0 aromatic rings. The van der Waals surface area contributed by atoms with Crippen molar-refractivity contribution in [2.75, 3.05) is 19.6 Å². The number of likely N-dealkylation sites (N-methyl/N-ethyl adjacent to an activating group) is 1. The Balaban J connectivity index is 1.71. The Labute approximate surface area is 114 Å². The van der Waals surface area contributed by atoms with Crippen LogP contribution in [0.15, 0.2) is 0 Å². The van der Waals surface area contributed by atoms with E-state index in [-0.39, 0.29) is 0 Å².